The van der Waals surface area contributed by atoms with Crippen LogP contribution in [-0.4, -0.2) is 40.8 Å². The average Bonchev–Trinajstić information content (AvgIpc) is 3.30. The topological polar surface area (TPSA) is 70.2 Å². The van der Waals surface area contributed by atoms with Gasteiger partial charge in [0.15, 0.2) is 0 Å². The molecule has 0 bridgehead atoms. The van der Waals surface area contributed by atoms with Gasteiger partial charge in [-0.15, -0.1) is 0 Å². The van der Waals surface area contributed by atoms with Gasteiger partial charge in [-0.05, 0) is 48.7 Å². The van der Waals surface area contributed by atoms with Crippen LogP contribution in [0.4, 0.5) is 5.69 Å². The normalized spacial score (nSPS) is 13.8. The number of nitrogens with one attached hydrogen (secondary N) is 2. The summed E-state index contributed by atoms with van der Waals surface area (Å²) >= 11 is 6.14. The van der Waals surface area contributed by atoms with E-state index in [1.807, 2.05) is 13.0 Å². The Morgan fingerprint density at radius 3 is 3.00 bits per heavy atom. The number of nitrogens with zero attached hydrogens (tertiary/aromatic N) is 2. The summed E-state index contributed by atoms with van der Waals surface area (Å²) in [4.78, 5) is 15.2. The lowest BCUT2D eigenvalue weighted by molar-refractivity contribution is 0.102. The molecular formula is C21H23ClN4O2. The highest BCUT2D eigenvalue weighted by Gasteiger charge is 2.20. The fourth-order valence-corrected chi connectivity index (χ4v) is 3.86. The van der Waals surface area contributed by atoms with Crippen molar-refractivity contribution in [3.8, 4) is 0 Å². The number of hydrogen-bond donors (Lipinski definition) is 2. The van der Waals surface area contributed by atoms with Gasteiger partial charge in [-0.25, -0.2) is 0 Å². The molecule has 4 rings (SSSR count). The average molecular weight is 399 g/mol. The second-order valence-electron chi connectivity index (χ2n) is 6.98. The van der Waals surface area contributed by atoms with E-state index in [9.17, 15) is 4.79 Å². The zero-order chi connectivity index (χ0) is 19.5. The van der Waals surface area contributed by atoms with E-state index in [1.54, 1.807) is 18.3 Å². The van der Waals surface area contributed by atoms with Crippen molar-refractivity contribution in [1.82, 2.24) is 15.1 Å². The SMILES string of the molecule is CCOCCCN1Cc2ccc(NC(=O)c3cc(Cl)cc4[nH]ncc34)cc2C1. The molecule has 0 radical (unpaired) electrons. The van der Waals surface area contributed by atoms with Crippen LogP contribution in [0.2, 0.25) is 5.02 Å². The van der Waals surface area contributed by atoms with Crippen LogP contribution >= 0.6 is 11.6 Å². The number of hydrogen-bond acceptors (Lipinski definition) is 4. The Labute approximate surface area is 168 Å². The highest BCUT2D eigenvalue weighted by atomic mass is 35.5. The summed E-state index contributed by atoms with van der Waals surface area (Å²) in [6, 6.07) is 9.54. The first-order valence-electron chi connectivity index (χ1n) is 9.50. The Morgan fingerprint density at radius 1 is 1.29 bits per heavy atom. The van der Waals surface area contributed by atoms with Crippen molar-refractivity contribution in [3.63, 3.8) is 0 Å². The van der Waals surface area contributed by atoms with Crippen LogP contribution < -0.4 is 5.32 Å². The minimum atomic E-state index is -0.194. The van der Waals surface area contributed by atoms with Gasteiger partial charge < -0.3 is 10.1 Å². The summed E-state index contributed by atoms with van der Waals surface area (Å²) in [6.45, 7) is 6.43. The number of ether oxygens (including phenoxy) is 1. The van der Waals surface area contributed by atoms with Crippen molar-refractivity contribution >= 4 is 34.1 Å². The molecule has 0 aliphatic carbocycles. The number of carbonyl (C=O) groups is 1. The summed E-state index contributed by atoms with van der Waals surface area (Å²) in [6.07, 6.45) is 2.67. The number of H-pyrrole nitrogens is 1. The van der Waals surface area contributed by atoms with Gasteiger partial charge in [0.05, 0.1) is 17.3 Å². The van der Waals surface area contributed by atoms with Crippen LogP contribution in [0.5, 0.6) is 0 Å². The largest absolute Gasteiger partial charge is 0.382 e. The van der Waals surface area contributed by atoms with Gasteiger partial charge in [0.2, 0.25) is 0 Å². The fourth-order valence-electron chi connectivity index (χ4n) is 3.64. The number of rotatable bonds is 7. The lowest BCUT2D eigenvalue weighted by Crippen LogP contribution is -2.19. The maximum Gasteiger partial charge on any atom is 0.256 e. The lowest BCUT2D eigenvalue weighted by Gasteiger charge is -2.14. The Balaban J connectivity index is 1.44. The minimum Gasteiger partial charge on any atom is -0.382 e. The lowest BCUT2D eigenvalue weighted by atomic mass is 10.1. The van der Waals surface area contributed by atoms with Crippen LogP contribution in [0.3, 0.4) is 0 Å². The van der Waals surface area contributed by atoms with Gasteiger partial charge in [0.1, 0.15) is 0 Å². The third-order valence-electron chi connectivity index (χ3n) is 4.99. The molecule has 1 amide bonds. The number of halogens is 1. The van der Waals surface area contributed by atoms with Crippen LogP contribution in [-0.2, 0) is 17.8 Å². The van der Waals surface area contributed by atoms with Crippen molar-refractivity contribution in [2.24, 2.45) is 0 Å². The minimum absolute atomic E-state index is 0.194. The Morgan fingerprint density at radius 2 is 2.14 bits per heavy atom. The van der Waals surface area contributed by atoms with E-state index in [2.05, 4.69) is 32.5 Å². The second-order valence-corrected chi connectivity index (χ2v) is 7.42. The van der Waals surface area contributed by atoms with E-state index in [-0.39, 0.29) is 5.91 Å². The molecule has 0 fully saturated rings. The molecule has 0 saturated heterocycles. The van der Waals surface area contributed by atoms with Gasteiger partial charge in [0, 0.05) is 48.9 Å². The van der Waals surface area contributed by atoms with Crippen LogP contribution in [0, 0.1) is 0 Å². The van der Waals surface area contributed by atoms with E-state index < -0.39 is 0 Å². The smallest absolute Gasteiger partial charge is 0.256 e. The Kier molecular flexibility index (Phi) is 5.62. The van der Waals surface area contributed by atoms with Crippen molar-refractivity contribution in [3.05, 3.63) is 58.2 Å². The zero-order valence-corrected chi connectivity index (χ0v) is 16.6. The molecule has 2 heterocycles. The Bertz CT molecular complexity index is 1000. The maximum absolute atomic E-state index is 12.8. The van der Waals surface area contributed by atoms with E-state index >= 15 is 0 Å². The van der Waals surface area contributed by atoms with Crippen LogP contribution in [0.15, 0.2) is 36.5 Å². The molecule has 2 N–H and O–H groups in total. The third-order valence-corrected chi connectivity index (χ3v) is 5.21. The van der Waals surface area contributed by atoms with Crippen molar-refractivity contribution in [1.29, 1.82) is 0 Å². The van der Waals surface area contributed by atoms with Gasteiger partial charge in [-0.1, -0.05) is 17.7 Å². The van der Waals surface area contributed by atoms with Gasteiger partial charge in [0.25, 0.3) is 5.91 Å². The first-order chi connectivity index (χ1) is 13.6. The molecule has 3 aromatic rings. The van der Waals surface area contributed by atoms with Gasteiger partial charge >= 0.3 is 0 Å². The molecule has 6 nitrogen and oxygen atoms in total. The molecule has 0 unspecified atom stereocenters. The molecule has 1 aromatic heterocycles. The monoisotopic (exact) mass is 398 g/mol. The number of benzene rings is 2. The molecule has 2 aromatic carbocycles. The van der Waals surface area contributed by atoms with E-state index in [1.165, 1.54) is 11.1 Å². The van der Waals surface area contributed by atoms with Crippen LogP contribution in [0.25, 0.3) is 10.9 Å². The van der Waals surface area contributed by atoms with Crippen molar-refractivity contribution in [2.75, 3.05) is 25.1 Å². The van der Waals surface area contributed by atoms with Crippen molar-refractivity contribution in [2.45, 2.75) is 26.4 Å². The first-order valence-corrected chi connectivity index (χ1v) is 9.87. The maximum atomic E-state index is 12.8. The van der Waals surface area contributed by atoms with Crippen molar-refractivity contribution < 1.29 is 9.53 Å². The molecule has 28 heavy (non-hydrogen) atoms. The summed E-state index contributed by atoms with van der Waals surface area (Å²) < 4.78 is 5.42. The predicted molar refractivity (Wildman–Crippen MR) is 111 cm³/mol. The van der Waals surface area contributed by atoms with Crippen LogP contribution in [0.1, 0.15) is 34.8 Å². The summed E-state index contributed by atoms with van der Waals surface area (Å²) in [5.41, 5.74) is 4.61. The number of aromatic amines is 1. The predicted octanol–water partition coefficient (Wildman–Crippen LogP) is 4.21. The molecule has 7 heteroatoms. The molecular weight excluding hydrogens is 376 g/mol. The summed E-state index contributed by atoms with van der Waals surface area (Å²) in [7, 11) is 0. The van der Waals surface area contributed by atoms with E-state index in [0.717, 1.165) is 55.9 Å². The fraction of sp³-hybridized carbons (Fsp3) is 0.333. The molecule has 0 spiro atoms. The first kappa shape index (κ1) is 18.9. The molecule has 1 aliphatic heterocycles. The van der Waals surface area contributed by atoms with Gasteiger partial charge in [-0.3, -0.25) is 14.8 Å². The number of carbonyl (C=O) groups excluding carboxylic acids is 1. The molecule has 0 atom stereocenters. The second kappa shape index (κ2) is 8.31. The van der Waals surface area contributed by atoms with E-state index in [0.29, 0.717) is 10.6 Å². The highest BCUT2D eigenvalue weighted by molar-refractivity contribution is 6.32. The summed E-state index contributed by atoms with van der Waals surface area (Å²) in [5, 5.41) is 11.1. The van der Waals surface area contributed by atoms with E-state index in [4.69, 9.17) is 16.3 Å². The standard InChI is InChI=1S/C21H23ClN4O2/c1-2-28-7-3-6-26-12-14-4-5-17(8-15(14)13-26)24-21(27)18-9-16(22)10-20-19(18)11-23-25-20/h4-5,8-11H,2-3,6-7,12-13H2,1H3,(H,23,25)(H,24,27). The summed E-state index contributed by atoms with van der Waals surface area (Å²) in [5.74, 6) is -0.194. The quantitative estimate of drug-likeness (QED) is 0.585. The molecule has 0 saturated carbocycles. The number of aromatic nitrogens is 2. The number of fused-ring (bicyclic) bond motifs is 2. The number of anilines is 1. The highest BCUT2D eigenvalue weighted by Crippen LogP contribution is 2.27. The Hall–Kier alpha value is -2.41. The van der Waals surface area contributed by atoms with Gasteiger partial charge in [-0.2, -0.15) is 5.10 Å². The zero-order valence-electron chi connectivity index (χ0n) is 15.8. The molecule has 146 valence electrons. The third kappa shape index (κ3) is 4.04. The number of amides is 1. The molecule has 1 aliphatic rings.